The minimum absolute atomic E-state index is 0.767. The maximum atomic E-state index is 6.32. The third-order valence-electron chi connectivity index (χ3n) is 5.48. The van der Waals surface area contributed by atoms with Crippen LogP contribution in [-0.4, -0.2) is 4.98 Å². The predicted molar refractivity (Wildman–Crippen MR) is 121 cm³/mol. The normalized spacial score (nSPS) is 12.1. The second kappa shape index (κ2) is 5.48. The summed E-state index contributed by atoms with van der Waals surface area (Å²) in [5, 5.41) is 10.7. The van der Waals surface area contributed by atoms with E-state index in [0.717, 1.165) is 20.5 Å². The molecule has 0 saturated heterocycles. The van der Waals surface area contributed by atoms with Gasteiger partial charge in [0, 0.05) is 31.3 Å². The molecule has 0 fully saturated rings. The molecule has 1 nitrogen and oxygen atoms in total. The van der Waals surface area contributed by atoms with E-state index < -0.39 is 0 Å². The number of nitrogens with one attached hydrogen (secondary N) is 1. The lowest BCUT2D eigenvalue weighted by Gasteiger charge is -2.11. The van der Waals surface area contributed by atoms with Crippen molar-refractivity contribution < 1.29 is 0 Å². The second-order valence-electron chi connectivity index (χ2n) is 6.99. The Bertz CT molecular complexity index is 1540. The fourth-order valence-electron chi connectivity index (χ4n) is 4.29. The average molecular weight is 431 g/mol. The van der Waals surface area contributed by atoms with Crippen molar-refractivity contribution >= 4 is 81.7 Å². The molecule has 0 amide bonds. The van der Waals surface area contributed by atoms with Gasteiger partial charge >= 0.3 is 0 Å². The summed E-state index contributed by atoms with van der Waals surface area (Å²) in [5.41, 5.74) is 2.31. The molecule has 0 unspecified atom stereocenters. The fraction of sp³-hybridized carbons (Fsp3) is 0. The Hall–Kier alpha value is -2.55. The molecule has 0 aliphatic heterocycles. The molecule has 0 bridgehead atoms. The lowest BCUT2D eigenvalue weighted by molar-refractivity contribution is 1.55. The number of aromatic nitrogens is 1. The first kappa shape index (κ1) is 15.5. The summed E-state index contributed by atoms with van der Waals surface area (Å²) < 4.78 is 1.09. The van der Waals surface area contributed by atoms with Gasteiger partial charge in [-0.2, -0.15) is 0 Å². The molecule has 1 N–H and O–H groups in total. The average Bonchev–Trinajstić information content (AvgIpc) is 3.03. The Labute approximate surface area is 168 Å². The van der Waals surface area contributed by atoms with E-state index in [1.165, 1.54) is 43.1 Å². The molecule has 6 aromatic rings. The highest BCUT2D eigenvalue weighted by Crippen LogP contribution is 2.39. The topological polar surface area (TPSA) is 15.8 Å². The quantitative estimate of drug-likeness (QED) is 0.234. The summed E-state index contributed by atoms with van der Waals surface area (Å²) in [4.78, 5) is 3.57. The third-order valence-corrected chi connectivity index (χ3v) is 6.21. The summed E-state index contributed by atoms with van der Waals surface area (Å²) in [5.74, 6) is 0. The molecule has 1 aromatic heterocycles. The Balaban J connectivity index is 1.92. The zero-order chi connectivity index (χ0) is 18.1. The van der Waals surface area contributed by atoms with E-state index in [1.54, 1.807) is 0 Å². The molecule has 128 valence electrons. The Morgan fingerprint density at radius 2 is 1.22 bits per heavy atom. The SMILES string of the molecule is Clc1ccc2c(c1)c1ccccc1c1cc3c(cc21)[nH]c1ccc(Br)cc13. The molecule has 0 spiro atoms. The number of rotatable bonds is 0. The van der Waals surface area contributed by atoms with Gasteiger partial charge in [0.25, 0.3) is 0 Å². The molecule has 0 radical (unpaired) electrons. The molecule has 27 heavy (non-hydrogen) atoms. The summed E-state index contributed by atoms with van der Waals surface area (Å²) in [7, 11) is 0. The van der Waals surface area contributed by atoms with Crippen LogP contribution in [0.3, 0.4) is 0 Å². The van der Waals surface area contributed by atoms with Gasteiger partial charge in [-0.05, 0) is 74.8 Å². The molecule has 0 saturated carbocycles. The largest absolute Gasteiger partial charge is 0.354 e. The molecule has 0 atom stereocenters. The number of benzene rings is 5. The first-order valence-corrected chi connectivity index (χ1v) is 10.0. The highest BCUT2D eigenvalue weighted by atomic mass is 79.9. The van der Waals surface area contributed by atoms with Crippen molar-refractivity contribution in [3.05, 3.63) is 82.3 Å². The van der Waals surface area contributed by atoms with Crippen molar-refractivity contribution in [1.82, 2.24) is 4.98 Å². The zero-order valence-electron chi connectivity index (χ0n) is 14.2. The first-order chi connectivity index (χ1) is 13.2. The molecular weight excluding hydrogens is 418 g/mol. The minimum Gasteiger partial charge on any atom is -0.354 e. The van der Waals surface area contributed by atoms with Gasteiger partial charge in [-0.25, -0.2) is 0 Å². The molecule has 6 rings (SSSR count). The van der Waals surface area contributed by atoms with Crippen LogP contribution >= 0.6 is 27.5 Å². The lowest BCUT2D eigenvalue weighted by Crippen LogP contribution is -1.84. The first-order valence-electron chi connectivity index (χ1n) is 8.84. The van der Waals surface area contributed by atoms with E-state index in [9.17, 15) is 0 Å². The van der Waals surface area contributed by atoms with Crippen molar-refractivity contribution in [2.45, 2.75) is 0 Å². The molecular formula is C24H13BrClN. The summed E-state index contributed by atoms with van der Waals surface area (Å²) in [6, 6.07) is 25.8. The van der Waals surface area contributed by atoms with Crippen LogP contribution in [0.1, 0.15) is 0 Å². The molecule has 0 aliphatic rings. The van der Waals surface area contributed by atoms with Crippen molar-refractivity contribution in [3.63, 3.8) is 0 Å². The maximum Gasteiger partial charge on any atom is 0.0471 e. The van der Waals surface area contributed by atoms with Gasteiger partial charge in [-0.15, -0.1) is 0 Å². The number of H-pyrrole nitrogens is 1. The van der Waals surface area contributed by atoms with Gasteiger partial charge in [0.15, 0.2) is 0 Å². The lowest BCUT2D eigenvalue weighted by atomic mass is 9.93. The minimum atomic E-state index is 0.767. The van der Waals surface area contributed by atoms with Crippen LogP contribution in [0.4, 0.5) is 0 Å². The number of hydrogen-bond donors (Lipinski definition) is 1. The van der Waals surface area contributed by atoms with Gasteiger partial charge in [0.05, 0.1) is 0 Å². The summed E-state index contributed by atoms with van der Waals surface area (Å²) >= 11 is 9.93. The van der Waals surface area contributed by atoms with Crippen LogP contribution in [0.25, 0.3) is 54.1 Å². The predicted octanol–water partition coefficient (Wildman–Crippen LogP) is 8.20. The Morgan fingerprint density at radius 3 is 2.04 bits per heavy atom. The third kappa shape index (κ3) is 2.17. The number of halogens is 2. The highest BCUT2D eigenvalue weighted by Gasteiger charge is 2.12. The summed E-state index contributed by atoms with van der Waals surface area (Å²) in [6.07, 6.45) is 0. The molecule has 5 aromatic carbocycles. The smallest absolute Gasteiger partial charge is 0.0471 e. The van der Waals surface area contributed by atoms with E-state index >= 15 is 0 Å². The van der Waals surface area contributed by atoms with Gasteiger partial charge in [-0.3, -0.25) is 0 Å². The monoisotopic (exact) mass is 429 g/mol. The number of hydrogen-bond acceptors (Lipinski definition) is 0. The van der Waals surface area contributed by atoms with Crippen molar-refractivity contribution in [2.24, 2.45) is 0 Å². The second-order valence-corrected chi connectivity index (χ2v) is 8.35. The molecule has 3 heteroatoms. The van der Waals surface area contributed by atoms with Gasteiger partial charge < -0.3 is 4.98 Å². The van der Waals surface area contributed by atoms with Crippen LogP contribution in [0, 0.1) is 0 Å². The maximum absolute atomic E-state index is 6.32. The van der Waals surface area contributed by atoms with Gasteiger partial charge in [0.2, 0.25) is 0 Å². The van der Waals surface area contributed by atoms with Crippen molar-refractivity contribution in [1.29, 1.82) is 0 Å². The molecule has 0 aliphatic carbocycles. The summed E-state index contributed by atoms with van der Waals surface area (Å²) in [6.45, 7) is 0. The van der Waals surface area contributed by atoms with Crippen molar-refractivity contribution in [2.75, 3.05) is 0 Å². The fourth-order valence-corrected chi connectivity index (χ4v) is 4.83. The zero-order valence-corrected chi connectivity index (χ0v) is 16.5. The Morgan fingerprint density at radius 1 is 0.556 bits per heavy atom. The Kier molecular flexibility index (Phi) is 3.15. The highest BCUT2D eigenvalue weighted by molar-refractivity contribution is 9.10. The van der Waals surface area contributed by atoms with E-state index in [0.29, 0.717) is 0 Å². The van der Waals surface area contributed by atoms with Crippen LogP contribution in [0.2, 0.25) is 5.02 Å². The standard InChI is InChI=1S/C24H13BrClN/c25-13-5-8-23-21(9-13)22-11-19-16-4-2-1-3-15(16)18-10-14(26)6-7-17(18)20(19)12-24(22)27-23/h1-12,27H. The van der Waals surface area contributed by atoms with E-state index in [1.807, 2.05) is 6.07 Å². The van der Waals surface area contributed by atoms with Crippen LogP contribution < -0.4 is 0 Å². The van der Waals surface area contributed by atoms with Gasteiger partial charge in [-0.1, -0.05) is 57.9 Å². The van der Waals surface area contributed by atoms with E-state index in [2.05, 4.69) is 87.6 Å². The van der Waals surface area contributed by atoms with Crippen LogP contribution in [-0.2, 0) is 0 Å². The number of aromatic amines is 1. The van der Waals surface area contributed by atoms with Crippen LogP contribution in [0.5, 0.6) is 0 Å². The van der Waals surface area contributed by atoms with E-state index in [-0.39, 0.29) is 0 Å². The molecule has 1 heterocycles. The van der Waals surface area contributed by atoms with E-state index in [4.69, 9.17) is 11.6 Å². The van der Waals surface area contributed by atoms with Crippen molar-refractivity contribution in [3.8, 4) is 0 Å². The number of fused-ring (bicyclic) bond motifs is 9. The van der Waals surface area contributed by atoms with Crippen LogP contribution in [0.15, 0.2) is 77.3 Å². The van der Waals surface area contributed by atoms with Gasteiger partial charge in [0.1, 0.15) is 0 Å².